The number of carbonyl (C=O) groups excluding carboxylic acids is 2. The number of nitrogens with one attached hydrogen (secondary N) is 1. The Morgan fingerprint density at radius 3 is 2.05 bits per heavy atom. The van der Waals surface area contributed by atoms with Crippen molar-refractivity contribution in [3.05, 3.63) is 96.1 Å². The molecule has 214 valence electrons. The molecule has 0 aromatic heterocycles. The predicted molar refractivity (Wildman–Crippen MR) is 159 cm³/mol. The first-order valence-electron chi connectivity index (χ1n) is 13.5. The SMILES string of the molecule is CCCNC(=O)C(Cc1ccccc1)N(Cc1ccccc1)C(=O)CCCN(c1ccc(OC)cc1)S(C)(=O)=O. The number of methoxy groups -OCH3 is 1. The first kappa shape index (κ1) is 30.7. The van der Waals surface area contributed by atoms with Gasteiger partial charge in [0, 0.05) is 32.5 Å². The quantitative estimate of drug-likeness (QED) is 0.295. The van der Waals surface area contributed by atoms with Gasteiger partial charge in [0.2, 0.25) is 21.8 Å². The van der Waals surface area contributed by atoms with E-state index in [0.29, 0.717) is 24.4 Å². The van der Waals surface area contributed by atoms with Gasteiger partial charge in [-0.2, -0.15) is 0 Å². The van der Waals surface area contributed by atoms with Gasteiger partial charge in [0.25, 0.3) is 0 Å². The number of ether oxygens (including phenoxy) is 1. The van der Waals surface area contributed by atoms with Crippen LogP contribution in [-0.2, 0) is 32.6 Å². The number of benzene rings is 3. The second kappa shape index (κ2) is 15.1. The van der Waals surface area contributed by atoms with Crippen molar-refractivity contribution in [1.29, 1.82) is 0 Å². The van der Waals surface area contributed by atoms with Gasteiger partial charge in [-0.3, -0.25) is 13.9 Å². The molecule has 0 saturated heterocycles. The van der Waals surface area contributed by atoms with E-state index in [0.717, 1.165) is 23.8 Å². The minimum atomic E-state index is -3.58. The first-order chi connectivity index (χ1) is 19.2. The molecule has 1 atom stereocenters. The van der Waals surface area contributed by atoms with Crippen LogP contribution in [-0.4, -0.2) is 57.6 Å². The van der Waals surface area contributed by atoms with Crippen LogP contribution in [0.3, 0.4) is 0 Å². The van der Waals surface area contributed by atoms with Crippen LogP contribution in [0.5, 0.6) is 5.75 Å². The van der Waals surface area contributed by atoms with Gasteiger partial charge in [-0.1, -0.05) is 67.6 Å². The Bertz CT molecular complexity index is 1320. The van der Waals surface area contributed by atoms with Crippen molar-refractivity contribution in [1.82, 2.24) is 10.2 Å². The lowest BCUT2D eigenvalue weighted by molar-refractivity contribution is -0.141. The standard InChI is InChI=1S/C31H39N3O5S/c1-4-21-32-31(36)29(23-25-12-7-5-8-13-25)33(24-26-14-9-6-10-15-26)30(35)16-11-22-34(40(3,37)38)27-17-19-28(39-2)20-18-27/h5-10,12-15,17-20,29H,4,11,16,21-24H2,1-3H3,(H,32,36). The number of rotatable bonds is 15. The number of sulfonamides is 1. The summed E-state index contributed by atoms with van der Waals surface area (Å²) in [5.74, 6) is 0.209. The number of carbonyl (C=O) groups is 2. The van der Waals surface area contributed by atoms with Crippen LogP contribution in [0.1, 0.15) is 37.3 Å². The topological polar surface area (TPSA) is 96.0 Å². The molecule has 3 aromatic rings. The van der Waals surface area contributed by atoms with E-state index in [1.54, 1.807) is 36.3 Å². The maximum Gasteiger partial charge on any atom is 0.243 e. The second-order valence-electron chi connectivity index (χ2n) is 9.64. The molecule has 0 aliphatic carbocycles. The Morgan fingerprint density at radius 2 is 1.50 bits per heavy atom. The maximum absolute atomic E-state index is 13.8. The summed E-state index contributed by atoms with van der Waals surface area (Å²) in [6.07, 6.45) is 2.67. The van der Waals surface area contributed by atoms with Gasteiger partial charge in [-0.25, -0.2) is 8.42 Å². The second-order valence-corrected chi connectivity index (χ2v) is 11.5. The van der Waals surface area contributed by atoms with Crippen LogP contribution in [0.4, 0.5) is 5.69 Å². The lowest BCUT2D eigenvalue weighted by Gasteiger charge is -2.32. The minimum absolute atomic E-state index is 0.0847. The van der Waals surface area contributed by atoms with Crippen LogP contribution in [0, 0.1) is 0 Å². The van der Waals surface area contributed by atoms with Gasteiger partial charge in [0.05, 0.1) is 19.1 Å². The third kappa shape index (κ3) is 9.12. The largest absolute Gasteiger partial charge is 0.497 e. The number of anilines is 1. The summed E-state index contributed by atoms with van der Waals surface area (Å²) in [5, 5.41) is 2.97. The van der Waals surface area contributed by atoms with Gasteiger partial charge in [-0.05, 0) is 48.2 Å². The van der Waals surface area contributed by atoms with Crippen molar-refractivity contribution < 1.29 is 22.7 Å². The van der Waals surface area contributed by atoms with Crippen molar-refractivity contribution in [2.45, 2.75) is 45.2 Å². The molecule has 3 aromatic carbocycles. The van der Waals surface area contributed by atoms with Crippen LogP contribution >= 0.6 is 0 Å². The van der Waals surface area contributed by atoms with Gasteiger partial charge < -0.3 is 15.0 Å². The van der Waals surface area contributed by atoms with Crippen LogP contribution in [0.2, 0.25) is 0 Å². The predicted octanol–water partition coefficient (Wildman–Crippen LogP) is 4.41. The Kier molecular flexibility index (Phi) is 11.6. The summed E-state index contributed by atoms with van der Waals surface area (Å²) in [5.41, 5.74) is 2.36. The molecule has 1 N–H and O–H groups in total. The summed E-state index contributed by atoms with van der Waals surface area (Å²) in [7, 11) is -2.04. The Morgan fingerprint density at radius 1 is 0.900 bits per heavy atom. The van der Waals surface area contributed by atoms with Crippen LogP contribution < -0.4 is 14.4 Å². The van der Waals surface area contributed by atoms with Crippen molar-refractivity contribution >= 4 is 27.5 Å². The van der Waals surface area contributed by atoms with E-state index in [1.807, 2.05) is 67.6 Å². The summed E-state index contributed by atoms with van der Waals surface area (Å²) < 4.78 is 31.6. The molecule has 0 saturated carbocycles. The van der Waals surface area contributed by atoms with Crippen molar-refractivity contribution in [3.63, 3.8) is 0 Å². The smallest absolute Gasteiger partial charge is 0.243 e. The highest BCUT2D eigenvalue weighted by Gasteiger charge is 2.30. The molecule has 0 radical (unpaired) electrons. The lowest BCUT2D eigenvalue weighted by atomic mass is 10.0. The molecule has 0 heterocycles. The zero-order chi connectivity index (χ0) is 29.0. The zero-order valence-corrected chi connectivity index (χ0v) is 24.3. The van der Waals surface area contributed by atoms with E-state index in [-0.39, 0.29) is 37.7 Å². The molecular formula is C31H39N3O5S. The fourth-order valence-corrected chi connectivity index (χ4v) is 5.42. The summed E-state index contributed by atoms with van der Waals surface area (Å²) in [4.78, 5) is 28.8. The highest BCUT2D eigenvalue weighted by atomic mass is 32.2. The molecule has 2 amide bonds. The van der Waals surface area contributed by atoms with Crippen LogP contribution in [0.25, 0.3) is 0 Å². The molecule has 0 spiro atoms. The third-order valence-corrected chi connectivity index (χ3v) is 7.72. The first-order valence-corrected chi connectivity index (χ1v) is 15.3. The molecule has 40 heavy (non-hydrogen) atoms. The minimum Gasteiger partial charge on any atom is -0.497 e. The summed E-state index contributed by atoms with van der Waals surface area (Å²) >= 11 is 0. The van der Waals surface area contributed by atoms with E-state index in [9.17, 15) is 18.0 Å². The summed E-state index contributed by atoms with van der Waals surface area (Å²) in [6, 6.07) is 25.3. The van der Waals surface area contributed by atoms with E-state index >= 15 is 0 Å². The highest BCUT2D eigenvalue weighted by Crippen LogP contribution is 2.23. The zero-order valence-electron chi connectivity index (χ0n) is 23.5. The summed E-state index contributed by atoms with van der Waals surface area (Å²) in [6.45, 7) is 2.89. The average molecular weight is 566 g/mol. The van der Waals surface area contributed by atoms with E-state index in [2.05, 4.69) is 5.32 Å². The van der Waals surface area contributed by atoms with Gasteiger partial charge in [0.1, 0.15) is 11.8 Å². The average Bonchev–Trinajstić information content (AvgIpc) is 2.96. The Balaban J connectivity index is 1.83. The number of hydrogen-bond donors (Lipinski definition) is 1. The molecule has 0 aliphatic rings. The normalized spacial score (nSPS) is 11.9. The van der Waals surface area contributed by atoms with Gasteiger partial charge >= 0.3 is 0 Å². The van der Waals surface area contributed by atoms with Crippen molar-refractivity contribution in [2.24, 2.45) is 0 Å². The fraction of sp³-hybridized carbons (Fsp3) is 0.355. The molecule has 0 bridgehead atoms. The maximum atomic E-state index is 13.8. The number of amides is 2. The van der Waals surface area contributed by atoms with E-state index in [1.165, 1.54) is 4.31 Å². The Hall–Kier alpha value is -3.85. The monoisotopic (exact) mass is 565 g/mol. The molecule has 1 unspecified atom stereocenters. The van der Waals surface area contributed by atoms with Crippen molar-refractivity contribution in [3.8, 4) is 5.75 Å². The molecule has 0 aliphatic heterocycles. The van der Waals surface area contributed by atoms with E-state index < -0.39 is 16.1 Å². The lowest BCUT2D eigenvalue weighted by Crippen LogP contribution is -2.50. The van der Waals surface area contributed by atoms with Crippen LogP contribution in [0.15, 0.2) is 84.9 Å². The van der Waals surface area contributed by atoms with Gasteiger partial charge in [-0.15, -0.1) is 0 Å². The molecule has 8 nitrogen and oxygen atoms in total. The number of hydrogen-bond acceptors (Lipinski definition) is 5. The Labute approximate surface area is 238 Å². The molecule has 9 heteroatoms. The molecule has 3 rings (SSSR count). The van der Waals surface area contributed by atoms with Crippen molar-refractivity contribution in [2.75, 3.05) is 30.8 Å². The molecular weight excluding hydrogens is 526 g/mol. The van der Waals surface area contributed by atoms with Gasteiger partial charge in [0.15, 0.2) is 0 Å². The fourth-order valence-electron chi connectivity index (χ4n) is 4.45. The highest BCUT2D eigenvalue weighted by molar-refractivity contribution is 7.92. The number of nitrogens with zero attached hydrogens (tertiary/aromatic N) is 2. The van der Waals surface area contributed by atoms with E-state index in [4.69, 9.17) is 4.74 Å². The molecule has 0 fully saturated rings. The third-order valence-electron chi connectivity index (χ3n) is 6.53.